The molecule has 0 saturated heterocycles. The van der Waals surface area contributed by atoms with Crippen LogP contribution in [0.4, 0.5) is 0 Å². The summed E-state index contributed by atoms with van der Waals surface area (Å²) in [6.45, 7) is 8.90. The maximum Gasteiger partial charge on any atom is 0.253 e. The third-order valence-electron chi connectivity index (χ3n) is 5.25. The molecule has 0 bridgehead atoms. The van der Waals surface area contributed by atoms with E-state index in [0.717, 1.165) is 27.8 Å². The number of pyridine rings is 1. The van der Waals surface area contributed by atoms with Crippen LogP contribution in [0.2, 0.25) is 0 Å². The number of aromatic nitrogens is 3. The molecule has 1 amide bonds. The zero-order valence-electron chi connectivity index (χ0n) is 18.3. The highest BCUT2D eigenvalue weighted by atomic mass is 16.5. The number of benzene rings is 1. The van der Waals surface area contributed by atoms with E-state index in [1.807, 2.05) is 59.0 Å². The maximum absolute atomic E-state index is 12.5. The van der Waals surface area contributed by atoms with Gasteiger partial charge in [0.15, 0.2) is 0 Å². The van der Waals surface area contributed by atoms with Gasteiger partial charge in [-0.15, -0.1) is 0 Å². The number of aryl methyl sites for hydroxylation is 3. The summed E-state index contributed by atoms with van der Waals surface area (Å²) in [5.74, 6) is -0.0796. The van der Waals surface area contributed by atoms with Gasteiger partial charge in [0.1, 0.15) is 5.65 Å². The number of carbonyl (C=O) groups is 1. The van der Waals surface area contributed by atoms with Gasteiger partial charge in [-0.05, 0) is 50.8 Å². The number of aromatic amines is 1. The van der Waals surface area contributed by atoms with Crippen molar-refractivity contribution in [3.05, 3.63) is 62.6 Å². The van der Waals surface area contributed by atoms with Crippen molar-refractivity contribution in [2.75, 3.05) is 0 Å². The minimum atomic E-state index is -0.157. The quantitative estimate of drug-likeness (QED) is 0.597. The van der Waals surface area contributed by atoms with E-state index < -0.39 is 0 Å². The molecule has 0 atom stereocenters. The van der Waals surface area contributed by atoms with E-state index in [4.69, 9.17) is 4.74 Å². The fraction of sp³-hybridized carbons (Fsp3) is 0.435. The smallest absolute Gasteiger partial charge is 0.253 e. The van der Waals surface area contributed by atoms with Gasteiger partial charge in [-0.1, -0.05) is 24.3 Å². The summed E-state index contributed by atoms with van der Waals surface area (Å²) in [4.78, 5) is 27.7. The van der Waals surface area contributed by atoms with Crippen molar-refractivity contribution in [2.24, 2.45) is 7.05 Å². The van der Waals surface area contributed by atoms with Crippen molar-refractivity contribution in [1.29, 1.82) is 0 Å². The number of carbonyl (C=O) groups excluding carboxylic acids is 1. The molecule has 0 fully saturated rings. The summed E-state index contributed by atoms with van der Waals surface area (Å²) in [6.07, 6.45) is 0.847. The fourth-order valence-corrected chi connectivity index (χ4v) is 3.60. The van der Waals surface area contributed by atoms with E-state index in [-0.39, 0.29) is 24.0 Å². The van der Waals surface area contributed by atoms with E-state index in [2.05, 4.69) is 15.4 Å². The molecule has 3 rings (SSSR count). The van der Waals surface area contributed by atoms with E-state index in [0.29, 0.717) is 30.8 Å². The predicted molar refractivity (Wildman–Crippen MR) is 117 cm³/mol. The van der Waals surface area contributed by atoms with Crippen LogP contribution < -0.4 is 10.9 Å². The monoisotopic (exact) mass is 410 g/mol. The molecule has 30 heavy (non-hydrogen) atoms. The van der Waals surface area contributed by atoms with Crippen LogP contribution in [0.5, 0.6) is 0 Å². The number of nitrogens with zero attached hydrogens (tertiary/aromatic N) is 2. The number of ether oxygens (including phenoxy) is 1. The number of rotatable bonds is 8. The molecule has 0 aliphatic carbocycles. The number of fused-ring (bicyclic) bond motifs is 1. The van der Waals surface area contributed by atoms with Crippen molar-refractivity contribution in [3.8, 4) is 0 Å². The molecule has 0 spiro atoms. The number of hydrogen-bond donors (Lipinski definition) is 2. The molecule has 0 aliphatic rings. The van der Waals surface area contributed by atoms with Crippen LogP contribution in [0.25, 0.3) is 11.0 Å². The van der Waals surface area contributed by atoms with Gasteiger partial charge in [0.25, 0.3) is 5.56 Å². The molecule has 7 nitrogen and oxygen atoms in total. The molecule has 0 aliphatic heterocycles. The largest absolute Gasteiger partial charge is 0.374 e. The lowest BCUT2D eigenvalue weighted by Gasteiger charge is -2.10. The van der Waals surface area contributed by atoms with Crippen LogP contribution in [0.3, 0.4) is 0 Å². The van der Waals surface area contributed by atoms with Gasteiger partial charge in [0, 0.05) is 31.0 Å². The lowest BCUT2D eigenvalue weighted by molar-refractivity contribution is -0.121. The lowest BCUT2D eigenvalue weighted by atomic mass is 10.0. The second-order valence-electron chi connectivity index (χ2n) is 7.94. The number of amides is 1. The van der Waals surface area contributed by atoms with Crippen LogP contribution in [0, 0.1) is 13.8 Å². The molecule has 2 aromatic heterocycles. The summed E-state index contributed by atoms with van der Waals surface area (Å²) < 4.78 is 7.27. The third kappa shape index (κ3) is 4.97. The minimum absolute atomic E-state index is 0.0796. The minimum Gasteiger partial charge on any atom is -0.374 e. The van der Waals surface area contributed by atoms with E-state index in [1.54, 1.807) is 4.68 Å². The van der Waals surface area contributed by atoms with Crippen molar-refractivity contribution >= 4 is 16.9 Å². The Balaban J connectivity index is 1.57. The van der Waals surface area contributed by atoms with Crippen LogP contribution >= 0.6 is 0 Å². The Labute approximate surface area is 176 Å². The van der Waals surface area contributed by atoms with Gasteiger partial charge >= 0.3 is 0 Å². The van der Waals surface area contributed by atoms with Crippen molar-refractivity contribution in [1.82, 2.24) is 20.1 Å². The molecule has 2 N–H and O–H groups in total. The number of nitrogens with one attached hydrogen (secondary N) is 2. The van der Waals surface area contributed by atoms with Crippen molar-refractivity contribution in [3.63, 3.8) is 0 Å². The normalized spacial score (nSPS) is 11.4. The van der Waals surface area contributed by atoms with Crippen molar-refractivity contribution in [2.45, 2.75) is 59.8 Å². The highest BCUT2D eigenvalue weighted by molar-refractivity contribution is 5.83. The second kappa shape index (κ2) is 9.26. The van der Waals surface area contributed by atoms with Crippen molar-refractivity contribution < 1.29 is 9.53 Å². The van der Waals surface area contributed by atoms with Gasteiger partial charge in [0.2, 0.25) is 5.91 Å². The predicted octanol–water partition coefficient (Wildman–Crippen LogP) is 3.05. The van der Waals surface area contributed by atoms with E-state index in [9.17, 15) is 9.59 Å². The highest BCUT2D eigenvalue weighted by Gasteiger charge is 2.15. The van der Waals surface area contributed by atoms with Crippen LogP contribution in [-0.4, -0.2) is 26.8 Å². The van der Waals surface area contributed by atoms with Gasteiger partial charge < -0.3 is 15.0 Å². The van der Waals surface area contributed by atoms with Gasteiger partial charge in [-0.3, -0.25) is 14.3 Å². The summed E-state index contributed by atoms with van der Waals surface area (Å²) >= 11 is 0. The Morgan fingerprint density at radius 3 is 2.53 bits per heavy atom. The Morgan fingerprint density at radius 2 is 1.87 bits per heavy atom. The molecule has 3 aromatic rings. The molecular weight excluding hydrogens is 380 g/mol. The second-order valence-corrected chi connectivity index (χ2v) is 7.94. The number of H-pyrrole nitrogens is 1. The Bertz CT molecular complexity index is 1090. The Morgan fingerprint density at radius 1 is 1.20 bits per heavy atom. The van der Waals surface area contributed by atoms with Gasteiger partial charge in [0.05, 0.1) is 18.4 Å². The zero-order valence-corrected chi connectivity index (χ0v) is 18.3. The molecule has 0 unspecified atom stereocenters. The van der Waals surface area contributed by atoms with Crippen LogP contribution in [0.1, 0.15) is 48.2 Å². The maximum atomic E-state index is 12.5. The van der Waals surface area contributed by atoms with Crippen LogP contribution in [0.15, 0.2) is 29.1 Å². The summed E-state index contributed by atoms with van der Waals surface area (Å²) in [6, 6.07) is 8.01. The summed E-state index contributed by atoms with van der Waals surface area (Å²) in [5, 5.41) is 8.26. The molecular formula is C23H30N4O3. The Kier molecular flexibility index (Phi) is 6.72. The molecule has 1 aromatic carbocycles. The SMILES string of the molecule is Cc1nn(C)c2[nH]c(=O)c(CCC(=O)NCc3ccc(COC(C)C)cc3)c(C)c12. The molecule has 2 heterocycles. The first-order valence-electron chi connectivity index (χ1n) is 10.3. The third-order valence-corrected chi connectivity index (χ3v) is 5.25. The average molecular weight is 411 g/mol. The standard InChI is InChI=1S/C23H30N4O3/c1-14(2)30-13-18-8-6-17(7-9-18)12-24-20(28)11-10-19-15(3)21-16(4)26-27(5)22(21)25-23(19)29/h6-9,14H,10-13H2,1-5H3,(H,24,28)(H,25,29). The summed E-state index contributed by atoms with van der Waals surface area (Å²) in [5.41, 5.74) is 5.09. The highest BCUT2D eigenvalue weighted by Crippen LogP contribution is 2.21. The van der Waals surface area contributed by atoms with Crippen LogP contribution in [-0.2, 0) is 36.2 Å². The van der Waals surface area contributed by atoms with Gasteiger partial charge in [-0.25, -0.2) is 0 Å². The summed E-state index contributed by atoms with van der Waals surface area (Å²) in [7, 11) is 1.81. The molecule has 160 valence electrons. The number of hydrogen-bond acceptors (Lipinski definition) is 4. The average Bonchev–Trinajstić information content (AvgIpc) is 2.98. The fourth-order valence-electron chi connectivity index (χ4n) is 3.60. The molecule has 7 heteroatoms. The van der Waals surface area contributed by atoms with E-state index in [1.165, 1.54) is 0 Å². The first-order chi connectivity index (χ1) is 14.3. The Hall–Kier alpha value is -2.93. The zero-order chi connectivity index (χ0) is 21.8. The molecule has 0 radical (unpaired) electrons. The first-order valence-corrected chi connectivity index (χ1v) is 10.3. The molecule has 0 saturated carbocycles. The van der Waals surface area contributed by atoms with Gasteiger partial charge in [-0.2, -0.15) is 5.10 Å². The lowest BCUT2D eigenvalue weighted by Crippen LogP contribution is -2.24. The topological polar surface area (TPSA) is 89.0 Å². The van der Waals surface area contributed by atoms with E-state index >= 15 is 0 Å². The first kappa shape index (κ1) is 21.8.